The zero-order chi connectivity index (χ0) is 23.0. The fourth-order valence-corrected chi connectivity index (χ4v) is 5.71. The number of fused-ring (bicyclic) bond motifs is 1. The van der Waals surface area contributed by atoms with Crippen LogP contribution in [0.15, 0.2) is 30.1 Å². The van der Waals surface area contributed by atoms with E-state index in [4.69, 9.17) is 14.7 Å². The number of hydrogen-bond donors (Lipinski definition) is 2. The molecule has 3 heterocycles. The summed E-state index contributed by atoms with van der Waals surface area (Å²) in [4.78, 5) is 18.7. The molecule has 9 heteroatoms. The van der Waals surface area contributed by atoms with Gasteiger partial charge in [0, 0.05) is 18.2 Å². The highest BCUT2D eigenvalue weighted by molar-refractivity contribution is 7.98. The van der Waals surface area contributed by atoms with E-state index in [2.05, 4.69) is 21.9 Å². The van der Waals surface area contributed by atoms with Crippen LogP contribution in [0, 0.1) is 19.8 Å². The van der Waals surface area contributed by atoms with Gasteiger partial charge in [-0.15, -0.1) is 17.9 Å². The van der Waals surface area contributed by atoms with Crippen LogP contribution in [0.1, 0.15) is 38.1 Å². The van der Waals surface area contributed by atoms with Crippen molar-refractivity contribution in [3.8, 4) is 10.6 Å². The third-order valence-electron chi connectivity index (χ3n) is 5.59. The maximum absolute atomic E-state index is 10.1. The Morgan fingerprint density at radius 2 is 2.03 bits per heavy atom. The van der Waals surface area contributed by atoms with Gasteiger partial charge in [0.1, 0.15) is 16.3 Å². The van der Waals surface area contributed by atoms with Gasteiger partial charge in [-0.2, -0.15) is 0 Å². The molecule has 170 valence electrons. The van der Waals surface area contributed by atoms with Gasteiger partial charge in [-0.3, -0.25) is 4.98 Å². The Morgan fingerprint density at radius 3 is 2.69 bits per heavy atom. The van der Waals surface area contributed by atoms with Gasteiger partial charge in [-0.05, 0) is 52.9 Å². The molecular formula is C23H29N5O2S2. The van der Waals surface area contributed by atoms with Gasteiger partial charge >= 0.3 is 0 Å². The van der Waals surface area contributed by atoms with Crippen LogP contribution >= 0.6 is 23.1 Å². The minimum absolute atomic E-state index is 0.104. The molecule has 0 bridgehead atoms. The lowest BCUT2D eigenvalue weighted by Crippen LogP contribution is -2.32. The van der Waals surface area contributed by atoms with Gasteiger partial charge in [0.25, 0.3) is 0 Å². The molecule has 0 saturated heterocycles. The largest absolute Gasteiger partial charge is 0.366 e. The number of nitrogens with one attached hydrogen (secondary N) is 1. The number of thiazole rings is 1. The third-order valence-corrected chi connectivity index (χ3v) is 7.18. The fourth-order valence-electron chi connectivity index (χ4n) is 4.18. The van der Waals surface area contributed by atoms with Crippen molar-refractivity contribution in [2.75, 3.05) is 11.6 Å². The monoisotopic (exact) mass is 471 g/mol. The quantitative estimate of drug-likeness (QED) is 0.216. The first kappa shape index (κ1) is 23.1. The van der Waals surface area contributed by atoms with Crippen molar-refractivity contribution in [1.29, 1.82) is 0 Å². The number of anilines is 1. The van der Waals surface area contributed by atoms with Crippen LogP contribution in [0.4, 0.5) is 5.82 Å². The minimum Gasteiger partial charge on any atom is -0.366 e. The molecule has 4 rings (SSSR count). The van der Waals surface area contributed by atoms with Crippen molar-refractivity contribution < 1.29 is 9.84 Å². The van der Waals surface area contributed by atoms with E-state index in [-0.39, 0.29) is 18.1 Å². The first-order chi connectivity index (χ1) is 15.2. The van der Waals surface area contributed by atoms with Crippen LogP contribution in [0.2, 0.25) is 0 Å². The Hall–Kier alpha value is -2.07. The number of aliphatic hydroxyl groups is 1. The van der Waals surface area contributed by atoms with Crippen molar-refractivity contribution >= 4 is 39.1 Å². The second-order valence-electron chi connectivity index (χ2n) is 8.60. The summed E-state index contributed by atoms with van der Waals surface area (Å²) < 4.78 is 6.99. The van der Waals surface area contributed by atoms with Gasteiger partial charge < -0.3 is 15.2 Å². The summed E-state index contributed by atoms with van der Waals surface area (Å²) in [6, 6.07) is 2.12. The van der Waals surface area contributed by atoms with E-state index in [0.717, 1.165) is 56.0 Å². The zero-order valence-corrected chi connectivity index (χ0v) is 20.7. The molecule has 3 atom stereocenters. The van der Waals surface area contributed by atoms with E-state index >= 15 is 0 Å². The van der Waals surface area contributed by atoms with Crippen molar-refractivity contribution in [2.24, 2.45) is 5.92 Å². The molecule has 1 aliphatic carbocycles. The number of pyridine rings is 1. The fraction of sp³-hybridized carbons (Fsp3) is 0.478. The zero-order valence-electron chi connectivity index (χ0n) is 19.0. The number of aromatic nitrogens is 4. The molecule has 1 saturated carbocycles. The SMILES string of the molecule is C=CC1CC(Nc2nc(SC)nc(C)c2-c2nc3c(C)nccc3s2)C[C@@H]1OC(C)(C)O. The predicted octanol–water partition coefficient (Wildman–Crippen LogP) is 4.98. The van der Waals surface area contributed by atoms with Crippen molar-refractivity contribution in [2.45, 2.75) is 63.6 Å². The van der Waals surface area contributed by atoms with Crippen molar-refractivity contribution in [1.82, 2.24) is 19.9 Å². The van der Waals surface area contributed by atoms with Gasteiger partial charge in [-0.25, -0.2) is 15.0 Å². The molecule has 2 N–H and O–H groups in total. The van der Waals surface area contributed by atoms with Gasteiger partial charge in [0.05, 0.1) is 27.8 Å². The Balaban J connectivity index is 1.70. The summed E-state index contributed by atoms with van der Waals surface area (Å²) in [6.45, 7) is 11.3. The molecule has 32 heavy (non-hydrogen) atoms. The Bertz CT molecular complexity index is 1140. The van der Waals surface area contributed by atoms with Gasteiger partial charge in [-0.1, -0.05) is 17.8 Å². The molecule has 1 aliphatic rings. The number of aryl methyl sites for hydroxylation is 2. The van der Waals surface area contributed by atoms with Crippen LogP contribution in [-0.2, 0) is 4.74 Å². The number of thioether (sulfide) groups is 1. The highest BCUT2D eigenvalue weighted by atomic mass is 32.2. The van der Waals surface area contributed by atoms with Crippen molar-refractivity contribution in [3.63, 3.8) is 0 Å². The van der Waals surface area contributed by atoms with Gasteiger partial charge in [0.15, 0.2) is 10.9 Å². The van der Waals surface area contributed by atoms with E-state index in [1.54, 1.807) is 25.2 Å². The number of ether oxygens (including phenoxy) is 1. The molecule has 2 unspecified atom stereocenters. The first-order valence-corrected chi connectivity index (χ1v) is 12.7. The minimum atomic E-state index is -1.18. The van der Waals surface area contributed by atoms with Gasteiger partial charge in [0.2, 0.25) is 0 Å². The average molecular weight is 472 g/mol. The third kappa shape index (κ3) is 4.80. The number of nitrogens with zero attached hydrogens (tertiary/aromatic N) is 4. The van der Waals surface area contributed by atoms with E-state index < -0.39 is 5.79 Å². The standard InChI is InChI=1S/C23H29N5O2S2/c1-7-14-10-15(11-16(14)30-23(4,5)29)26-20-18(12(2)25-22(28-20)31-6)21-27-19-13(3)24-9-8-17(19)32-21/h7-9,14-16,29H,1,10-11H2,2-6H3,(H,25,26,28)/t14?,15?,16-/m0/s1. The number of rotatable bonds is 7. The average Bonchev–Trinajstić information content (AvgIpc) is 3.30. The second kappa shape index (κ2) is 9.05. The molecule has 0 amide bonds. The molecule has 3 aromatic heterocycles. The van der Waals surface area contributed by atoms with Crippen LogP contribution in [0.25, 0.3) is 20.8 Å². The normalized spacial score (nSPS) is 21.2. The van der Waals surface area contributed by atoms with Crippen LogP contribution in [-0.4, -0.2) is 49.2 Å². The molecule has 7 nitrogen and oxygen atoms in total. The summed E-state index contributed by atoms with van der Waals surface area (Å²) in [6.07, 6.45) is 7.20. The van der Waals surface area contributed by atoms with E-state index in [1.807, 2.05) is 38.4 Å². The van der Waals surface area contributed by atoms with Crippen LogP contribution in [0.5, 0.6) is 0 Å². The molecule has 3 aromatic rings. The molecule has 0 spiro atoms. The summed E-state index contributed by atoms with van der Waals surface area (Å²) >= 11 is 3.14. The molecule has 0 radical (unpaired) electrons. The van der Waals surface area contributed by atoms with E-state index in [9.17, 15) is 5.11 Å². The maximum atomic E-state index is 10.1. The Kier molecular flexibility index (Phi) is 6.53. The predicted molar refractivity (Wildman–Crippen MR) is 131 cm³/mol. The highest BCUT2D eigenvalue weighted by Gasteiger charge is 2.37. The molecular weight excluding hydrogens is 442 g/mol. The molecule has 0 aromatic carbocycles. The van der Waals surface area contributed by atoms with E-state index in [0.29, 0.717) is 0 Å². The molecule has 0 aliphatic heterocycles. The summed E-state index contributed by atoms with van der Waals surface area (Å²) in [5.74, 6) is -0.249. The van der Waals surface area contributed by atoms with Crippen LogP contribution < -0.4 is 5.32 Å². The number of hydrogen-bond acceptors (Lipinski definition) is 9. The topological polar surface area (TPSA) is 93.1 Å². The van der Waals surface area contributed by atoms with Crippen LogP contribution in [0.3, 0.4) is 0 Å². The van der Waals surface area contributed by atoms with E-state index in [1.165, 1.54) is 11.8 Å². The summed E-state index contributed by atoms with van der Waals surface area (Å²) in [5.41, 5.74) is 3.64. The lowest BCUT2D eigenvalue weighted by atomic mass is 10.1. The summed E-state index contributed by atoms with van der Waals surface area (Å²) in [5, 5.41) is 15.4. The first-order valence-electron chi connectivity index (χ1n) is 10.6. The maximum Gasteiger partial charge on any atom is 0.189 e. The lowest BCUT2D eigenvalue weighted by Gasteiger charge is -2.26. The summed E-state index contributed by atoms with van der Waals surface area (Å²) in [7, 11) is 0. The smallest absolute Gasteiger partial charge is 0.189 e. The lowest BCUT2D eigenvalue weighted by molar-refractivity contribution is -0.209. The highest BCUT2D eigenvalue weighted by Crippen LogP contribution is 2.39. The Labute approximate surface area is 196 Å². The second-order valence-corrected chi connectivity index (χ2v) is 10.4. The van der Waals surface area contributed by atoms with Crippen molar-refractivity contribution in [3.05, 3.63) is 36.3 Å². The Morgan fingerprint density at radius 1 is 1.25 bits per heavy atom. The molecule has 1 fully saturated rings.